The zero-order valence-electron chi connectivity index (χ0n) is 8.77. The molecule has 3 heteroatoms. The third-order valence-electron chi connectivity index (χ3n) is 2.49. The zero-order valence-corrected chi connectivity index (χ0v) is 8.77. The summed E-state index contributed by atoms with van der Waals surface area (Å²) in [5, 5.41) is 10.2. The Hall–Kier alpha value is -1.77. The summed E-state index contributed by atoms with van der Waals surface area (Å²) in [7, 11) is 0. The number of rotatable bonds is 2. The fraction of sp³-hybridized carbons (Fsp3) is 0.250. The molecular weight excluding hydrogens is 190 g/mol. The second-order valence-corrected chi connectivity index (χ2v) is 3.89. The van der Waals surface area contributed by atoms with Gasteiger partial charge in [0.05, 0.1) is 5.69 Å². The van der Waals surface area contributed by atoms with Crippen molar-refractivity contribution in [3.63, 3.8) is 0 Å². The standard InChI is InChI=1S/C12H13NO2/c1-8(2)13-10(7-14)5-9-6-11(15)3-4-12(9)13/h3-8,15H,1-2H3. The first-order valence-corrected chi connectivity index (χ1v) is 4.92. The number of hydrogen-bond donors (Lipinski definition) is 1. The lowest BCUT2D eigenvalue weighted by molar-refractivity contribution is 0.111. The highest BCUT2D eigenvalue weighted by Crippen LogP contribution is 2.26. The van der Waals surface area contributed by atoms with Crippen LogP contribution in [0.25, 0.3) is 10.9 Å². The van der Waals surface area contributed by atoms with E-state index in [1.807, 2.05) is 24.5 Å². The highest BCUT2D eigenvalue weighted by atomic mass is 16.3. The average molecular weight is 203 g/mol. The van der Waals surface area contributed by atoms with Gasteiger partial charge in [0.25, 0.3) is 0 Å². The first kappa shape index (κ1) is 9.77. The van der Waals surface area contributed by atoms with Crippen molar-refractivity contribution in [2.45, 2.75) is 19.9 Å². The van der Waals surface area contributed by atoms with Crippen LogP contribution in [-0.2, 0) is 0 Å². The van der Waals surface area contributed by atoms with Crippen LogP contribution in [0, 0.1) is 0 Å². The van der Waals surface area contributed by atoms with Gasteiger partial charge in [-0.2, -0.15) is 0 Å². The molecule has 0 unspecified atom stereocenters. The first-order chi connectivity index (χ1) is 7.13. The van der Waals surface area contributed by atoms with Crippen molar-refractivity contribution >= 4 is 17.2 Å². The summed E-state index contributed by atoms with van der Waals surface area (Å²) in [6.07, 6.45) is 0.844. The molecule has 0 radical (unpaired) electrons. The van der Waals surface area contributed by atoms with E-state index in [2.05, 4.69) is 0 Å². The van der Waals surface area contributed by atoms with Crippen LogP contribution in [-0.4, -0.2) is 16.0 Å². The van der Waals surface area contributed by atoms with Crippen LogP contribution in [0.3, 0.4) is 0 Å². The molecule has 1 heterocycles. The summed E-state index contributed by atoms with van der Waals surface area (Å²) in [6.45, 7) is 4.05. The van der Waals surface area contributed by atoms with Crippen LogP contribution in [0.5, 0.6) is 5.75 Å². The third-order valence-corrected chi connectivity index (χ3v) is 2.49. The number of carbonyl (C=O) groups excluding carboxylic acids is 1. The van der Waals surface area contributed by atoms with Gasteiger partial charge in [0, 0.05) is 16.9 Å². The number of aromatic hydroxyl groups is 1. The van der Waals surface area contributed by atoms with Crippen LogP contribution in [0.4, 0.5) is 0 Å². The number of fused-ring (bicyclic) bond motifs is 1. The molecule has 3 nitrogen and oxygen atoms in total. The van der Waals surface area contributed by atoms with E-state index < -0.39 is 0 Å². The summed E-state index contributed by atoms with van der Waals surface area (Å²) >= 11 is 0. The second-order valence-electron chi connectivity index (χ2n) is 3.89. The maximum absolute atomic E-state index is 10.9. The number of hydrogen-bond acceptors (Lipinski definition) is 2. The molecule has 0 bridgehead atoms. The summed E-state index contributed by atoms with van der Waals surface area (Å²) in [5.74, 6) is 0.223. The highest BCUT2D eigenvalue weighted by molar-refractivity contribution is 5.89. The molecule has 78 valence electrons. The van der Waals surface area contributed by atoms with Crippen molar-refractivity contribution in [1.82, 2.24) is 4.57 Å². The maximum atomic E-state index is 10.9. The molecular formula is C12H13NO2. The monoisotopic (exact) mass is 203 g/mol. The molecule has 0 aliphatic rings. The first-order valence-electron chi connectivity index (χ1n) is 4.92. The maximum Gasteiger partial charge on any atom is 0.166 e. The van der Waals surface area contributed by atoms with E-state index in [-0.39, 0.29) is 11.8 Å². The topological polar surface area (TPSA) is 42.2 Å². The predicted molar refractivity (Wildman–Crippen MR) is 59.4 cm³/mol. The fourth-order valence-corrected chi connectivity index (χ4v) is 1.91. The Morgan fingerprint density at radius 2 is 2.07 bits per heavy atom. The van der Waals surface area contributed by atoms with Gasteiger partial charge in [0.15, 0.2) is 6.29 Å². The van der Waals surface area contributed by atoms with Crippen molar-refractivity contribution in [1.29, 1.82) is 0 Å². The number of phenols is 1. The SMILES string of the molecule is CC(C)n1c(C=O)cc2cc(O)ccc21. The molecule has 0 aliphatic carbocycles. The Bertz CT molecular complexity index is 512. The van der Waals surface area contributed by atoms with Crippen LogP contribution in [0.15, 0.2) is 24.3 Å². The van der Waals surface area contributed by atoms with E-state index in [0.29, 0.717) is 5.69 Å². The zero-order chi connectivity index (χ0) is 11.0. The van der Waals surface area contributed by atoms with Crippen molar-refractivity contribution < 1.29 is 9.90 Å². The smallest absolute Gasteiger partial charge is 0.166 e. The van der Waals surface area contributed by atoms with Gasteiger partial charge in [0.2, 0.25) is 0 Å². The average Bonchev–Trinajstić information content (AvgIpc) is 2.54. The Balaban J connectivity index is 2.80. The van der Waals surface area contributed by atoms with Crippen molar-refractivity contribution in [2.75, 3.05) is 0 Å². The lowest BCUT2D eigenvalue weighted by atomic mass is 10.2. The van der Waals surface area contributed by atoms with Gasteiger partial charge in [-0.3, -0.25) is 4.79 Å². The fourth-order valence-electron chi connectivity index (χ4n) is 1.91. The molecule has 15 heavy (non-hydrogen) atoms. The van der Waals surface area contributed by atoms with E-state index in [4.69, 9.17) is 0 Å². The van der Waals surface area contributed by atoms with E-state index in [9.17, 15) is 9.90 Å². The van der Waals surface area contributed by atoms with Crippen molar-refractivity contribution in [3.8, 4) is 5.75 Å². The number of benzene rings is 1. The van der Waals surface area contributed by atoms with Crippen molar-refractivity contribution in [3.05, 3.63) is 30.0 Å². The molecule has 1 aromatic carbocycles. The Morgan fingerprint density at radius 1 is 1.33 bits per heavy atom. The number of carbonyl (C=O) groups is 1. The minimum absolute atomic E-state index is 0.223. The molecule has 0 saturated heterocycles. The lowest BCUT2D eigenvalue weighted by Gasteiger charge is -2.11. The highest BCUT2D eigenvalue weighted by Gasteiger charge is 2.10. The van der Waals surface area contributed by atoms with Gasteiger partial charge in [-0.25, -0.2) is 0 Å². The number of aromatic nitrogens is 1. The Labute approximate surface area is 87.9 Å². The second kappa shape index (κ2) is 3.42. The van der Waals surface area contributed by atoms with E-state index in [1.165, 1.54) is 0 Å². The Kier molecular flexibility index (Phi) is 2.23. The van der Waals surface area contributed by atoms with Gasteiger partial charge >= 0.3 is 0 Å². The van der Waals surface area contributed by atoms with Gasteiger partial charge in [0.1, 0.15) is 5.75 Å². The molecule has 0 aliphatic heterocycles. The molecule has 0 amide bonds. The van der Waals surface area contributed by atoms with Crippen LogP contribution >= 0.6 is 0 Å². The van der Waals surface area contributed by atoms with Crippen LogP contribution in [0.2, 0.25) is 0 Å². The molecule has 1 aromatic heterocycles. The van der Waals surface area contributed by atoms with E-state index in [0.717, 1.165) is 17.2 Å². The van der Waals surface area contributed by atoms with Gasteiger partial charge in [-0.15, -0.1) is 0 Å². The number of nitrogens with zero attached hydrogens (tertiary/aromatic N) is 1. The van der Waals surface area contributed by atoms with Gasteiger partial charge in [-0.05, 0) is 38.1 Å². The summed E-state index contributed by atoms with van der Waals surface area (Å²) in [6, 6.07) is 7.16. The van der Waals surface area contributed by atoms with E-state index in [1.54, 1.807) is 18.2 Å². The molecule has 2 aromatic rings. The molecule has 2 rings (SSSR count). The minimum Gasteiger partial charge on any atom is -0.508 e. The molecule has 1 N–H and O–H groups in total. The number of aldehydes is 1. The third kappa shape index (κ3) is 1.50. The predicted octanol–water partition coefficient (Wildman–Crippen LogP) is 2.74. The van der Waals surface area contributed by atoms with Crippen LogP contribution in [0.1, 0.15) is 30.4 Å². The van der Waals surface area contributed by atoms with E-state index >= 15 is 0 Å². The summed E-state index contributed by atoms with van der Waals surface area (Å²) < 4.78 is 1.96. The van der Waals surface area contributed by atoms with Crippen LogP contribution < -0.4 is 0 Å². The summed E-state index contributed by atoms with van der Waals surface area (Å²) in [4.78, 5) is 10.9. The molecule has 0 spiro atoms. The quantitative estimate of drug-likeness (QED) is 0.762. The minimum atomic E-state index is 0.223. The number of phenolic OH excluding ortho intramolecular Hbond substituents is 1. The van der Waals surface area contributed by atoms with Gasteiger partial charge in [-0.1, -0.05) is 0 Å². The normalized spacial score (nSPS) is 11.1. The van der Waals surface area contributed by atoms with Gasteiger partial charge < -0.3 is 9.67 Å². The van der Waals surface area contributed by atoms with Crippen molar-refractivity contribution in [2.24, 2.45) is 0 Å². The summed E-state index contributed by atoms with van der Waals surface area (Å²) in [5.41, 5.74) is 1.62. The molecule has 0 saturated carbocycles. The largest absolute Gasteiger partial charge is 0.508 e. The Morgan fingerprint density at radius 3 is 2.67 bits per heavy atom. The molecule has 0 atom stereocenters. The lowest BCUT2D eigenvalue weighted by Crippen LogP contribution is -2.04. The molecule has 0 fully saturated rings.